The van der Waals surface area contributed by atoms with Gasteiger partial charge in [-0.3, -0.25) is 19.8 Å². The van der Waals surface area contributed by atoms with Crippen molar-refractivity contribution in [2.45, 2.75) is 13.0 Å². The molecule has 0 aliphatic carbocycles. The lowest BCUT2D eigenvalue weighted by Crippen LogP contribution is -2.48. The number of thiazole rings is 1. The quantitative estimate of drug-likeness (QED) is 0.632. The molecule has 1 fully saturated rings. The predicted octanol–water partition coefficient (Wildman–Crippen LogP) is 3.48. The molecule has 6 nitrogen and oxygen atoms in total. The van der Waals surface area contributed by atoms with E-state index in [-0.39, 0.29) is 17.9 Å². The van der Waals surface area contributed by atoms with Crippen molar-refractivity contribution in [1.29, 1.82) is 0 Å². The maximum atomic E-state index is 13.7. The van der Waals surface area contributed by atoms with Crippen molar-refractivity contribution in [2.24, 2.45) is 0 Å². The van der Waals surface area contributed by atoms with Crippen LogP contribution in [0.1, 0.15) is 20.9 Å². The number of thiophene rings is 1. The Kier molecular flexibility index (Phi) is 6.51. The summed E-state index contributed by atoms with van der Waals surface area (Å²) in [5, 5.41) is 6.78. The molecule has 0 bridgehead atoms. The molecule has 0 saturated carbocycles. The summed E-state index contributed by atoms with van der Waals surface area (Å²) in [6.07, 6.45) is 0.191. The Morgan fingerprint density at radius 3 is 2.60 bits per heavy atom. The highest BCUT2D eigenvalue weighted by Gasteiger charge is 2.22. The lowest BCUT2D eigenvalue weighted by Gasteiger charge is -2.34. The Labute approximate surface area is 182 Å². The van der Waals surface area contributed by atoms with Gasteiger partial charge in [0.2, 0.25) is 5.91 Å². The summed E-state index contributed by atoms with van der Waals surface area (Å²) in [6.45, 7) is 4.03. The number of carbonyl (C=O) groups excluding carboxylic acids is 2. The van der Waals surface area contributed by atoms with Gasteiger partial charge >= 0.3 is 0 Å². The van der Waals surface area contributed by atoms with E-state index >= 15 is 0 Å². The first-order chi connectivity index (χ1) is 14.6. The lowest BCUT2D eigenvalue weighted by molar-refractivity contribution is -0.132. The second-order valence-corrected chi connectivity index (χ2v) is 8.88. The molecule has 3 aromatic rings. The first-order valence-corrected chi connectivity index (χ1v) is 11.4. The molecular weight excluding hydrogens is 423 g/mol. The summed E-state index contributed by atoms with van der Waals surface area (Å²) >= 11 is 2.98. The third kappa shape index (κ3) is 5.10. The number of hydrogen-bond acceptors (Lipinski definition) is 6. The molecule has 0 radical (unpaired) electrons. The van der Waals surface area contributed by atoms with Gasteiger partial charge in [0.05, 0.1) is 17.7 Å². The van der Waals surface area contributed by atoms with Gasteiger partial charge in [0, 0.05) is 43.0 Å². The van der Waals surface area contributed by atoms with Crippen molar-refractivity contribution < 1.29 is 14.0 Å². The van der Waals surface area contributed by atoms with E-state index in [1.54, 1.807) is 22.8 Å². The highest BCUT2D eigenvalue weighted by Crippen LogP contribution is 2.19. The van der Waals surface area contributed by atoms with Crippen LogP contribution in [0.4, 0.5) is 9.52 Å². The minimum absolute atomic E-state index is 0.0306. The molecule has 1 saturated heterocycles. The Morgan fingerprint density at radius 1 is 1.07 bits per heavy atom. The fourth-order valence-electron chi connectivity index (χ4n) is 3.30. The van der Waals surface area contributed by atoms with Crippen LogP contribution in [0.5, 0.6) is 0 Å². The fraction of sp³-hybridized carbons (Fsp3) is 0.286. The average Bonchev–Trinajstić information content (AvgIpc) is 3.41. The number of amides is 2. The molecule has 0 spiro atoms. The van der Waals surface area contributed by atoms with Crippen LogP contribution in [0.3, 0.4) is 0 Å². The van der Waals surface area contributed by atoms with Crippen LogP contribution in [-0.2, 0) is 17.8 Å². The summed E-state index contributed by atoms with van der Waals surface area (Å²) in [4.78, 5) is 34.7. The third-order valence-corrected chi connectivity index (χ3v) is 6.58. The van der Waals surface area contributed by atoms with Gasteiger partial charge in [-0.15, -0.1) is 22.7 Å². The molecular formula is C21H21FN4O2S2. The van der Waals surface area contributed by atoms with Gasteiger partial charge in [0.15, 0.2) is 5.13 Å². The van der Waals surface area contributed by atoms with Crippen LogP contribution >= 0.6 is 22.7 Å². The molecule has 3 heterocycles. The van der Waals surface area contributed by atoms with Gasteiger partial charge in [-0.1, -0.05) is 18.2 Å². The molecule has 9 heteroatoms. The van der Waals surface area contributed by atoms with E-state index in [9.17, 15) is 14.0 Å². The zero-order valence-corrected chi connectivity index (χ0v) is 17.8. The predicted molar refractivity (Wildman–Crippen MR) is 116 cm³/mol. The minimum atomic E-state index is -0.583. The molecule has 4 rings (SSSR count). The molecule has 2 amide bonds. The second-order valence-electron chi connectivity index (χ2n) is 6.99. The van der Waals surface area contributed by atoms with Gasteiger partial charge < -0.3 is 4.90 Å². The van der Waals surface area contributed by atoms with E-state index in [1.165, 1.54) is 34.4 Å². The highest BCUT2D eigenvalue weighted by atomic mass is 32.1. The largest absolute Gasteiger partial charge is 0.340 e. The van der Waals surface area contributed by atoms with Crippen molar-refractivity contribution in [2.75, 3.05) is 31.5 Å². The number of nitrogens with zero attached hydrogens (tertiary/aromatic N) is 3. The molecule has 156 valence electrons. The Hall–Kier alpha value is -2.62. The number of benzene rings is 1. The zero-order valence-electron chi connectivity index (χ0n) is 16.2. The molecule has 0 atom stereocenters. The van der Waals surface area contributed by atoms with Gasteiger partial charge in [-0.05, 0) is 23.6 Å². The molecule has 0 unspecified atom stereocenters. The van der Waals surface area contributed by atoms with Crippen molar-refractivity contribution in [1.82, 2.24) is 14.8 Å². The highest BCUT2D eigenvalue weighted by molar-refractivity contribution is 7.14. The Bertz CT molecular complexity index is 1010. The SMILES string of the molecule is O=C(Nc1nc(CC(=O)N2CCN(Cc3cccs3)CC2)cs1)c1ccccc1F. The van der Waals surface area contributed by atoms with Crippen molar-refractivity contribution in [3.8, 4) is 0 Å². The van der Waals surface area contributed by atoms with Gasteiger partial charge in [0.1, 0.15) is 5.82 Å². The number of aromatic nitrogens is 1. The van der Waals surface area contributed by atoms with Crippen molar-refractivity contribution >= 4 is 39.6 Å². The molecule has 1 aliphatic rings. The van der Waals surface area contributed by atoms with E-state index in [0.29, 0.717) is 23.9 Å². The van der Waals surface area contributed by atoms with Gasteiger partial charge in [-0.25, -0.2) is 9.37 Å². The minimum Gasteiger partial charge on any atom is -0.340 e. The van der Waals surface area contributed by atoms with E-state index in [2.05, 4.69) is 32.7 Å². The Balaban J connectivity index is 1.27. The fourth-order valence-corrected chi connectivity index (χ4v) is 4.75. The number of hydrogen-bond donors (Lipinski definition) is 1. The summed E-state index contributed by atoms with van der Waals surface area (Å²) < 4.78 is 13.7. The number of piperazine rings is 1. The Morgan fingerprint density at radius 2 is 1.87 bits per heavy atom. The summed E-state index contributed by atoms with van der Waals surface area (Å²) in [6, 6.07) is 9.97. The number of nitrogens with one attached hydrogen (secondary N) is 1. The maximum absolute atomic E-state index is 13.7. The van der Waals surface area contributed by atoms with E-state index in [1.807, 2.05) is 4.90 Å². The summed E-state index contributed by atoms with van der Waals surface area (Å²) in [5.41, 5.74) is 0.570. The van der Waals surface area contributed by atoms with E-state index in [4.69, 9.17) is 0 Å². The molecule has 2 aromatic heterocycles. The average molecular weight is 445 g/mol. The number of rotatable bonds is 6. The van der Waals surface area contributed by atoms with Gasteiger partial charge in [0.25, 0.3) is 5.91 Å². The van der Waals surface area contributed by atoms with Crippen LogP contribution < -0.4 is 5.32 Å². The van der Waals surface area contributed by atoms with Gasteiger partial charge in [-0.2, -0.15) is 0 Å². The van der Waals surface area contributed by atoms with E-state index in [0.717, 1.165) is 19.6 Å². The monoisotopic (exact) mass is 444 g/mol. The normalized spacial score (nSPS) is 14.6. The summed E-state index contributed by atoms with van der Waals surface area (Å²) in [7, 11) is 0. The molecule has 1 aromatic carbocycles. The maximum Gasteiger partial charge on any atom is 0.260 e. The summed E-state index contributed by atoms with van der Waals surface area (Å²) in [5.74, 6) is -1.11. The van der Waals surface area contributed by atoms with Crippen molar-refractivity contribution in [3.05, 3.63) is 69.1 Å². The first-order valence-electron chi connectivity index (χ1n) is 9.61. The van der Waals surface area contributed by atoms with Crippen molar-refractivity contribution in [3.63, 3.8) is 0 Å². The first kappa shape index (κ1) is 20.6. The van der Waals surface area contributed by atoms with Crippen LogP contribution in [0.15, 0.2) is 47.2 Å². The van der Waals surface area contributed by atoms with Crippen LogP contribution in [-0.4, -0.2) is 52.8 Å². The number of halogens is 1. The number of anilines is 1. The molecule has 1 aliphatic heterocycles. The third-order valence-electron chi connectivity index (χ3n) is 4.91. The van der Waals surface area contributed by atoms with Crippen LogP contribution in [0, 0.1) is 5.82 Å². The second kappa shape index (κ2) is 9.46. The molecule has 1 N–H and O–H groups in total. The van der Waals surface area contributed by atoms with E-state index < -0.39 is 11.7 Å². The van der Waals surface area contributed by atoms with Crippen LogP contribution in [0.25, 0.3) is 0 Å². The zero-order chi connectivity index (χ0) is 20.9. The lowest BCUT2D eigenvalue weighted by atomic mass is 10.2. The number of carbonyl (C=O) groups is 2. The van der Waals surface area contributed by atoms with Crippen LogP contribution in [0.2, 0.25) is 0 Å². The molecule has 30 heavy (non-hydrogen) atoms. The standard InChI is InChI=1S/C21H21FN4O2S2/c22-18-6-2-1-5-17(18)20(28)24-21-23-15(14-30-21)12-19(27)26-9-7-25(8-10-26)13-16-4-3-11-29-16/h1-6,11,14H,7-10,12-13H2,(H,23,24,28). The smallest absolute Gasteiger partial charge is 0.260 e. The topological polar surface area (TPSA) is 65.5 Å².